The van der Waals surface area contributed by atoms with Crippen molar-refractivity contribution in [2.24, 2.45) is 0 Å². The van der Waals surface area contributed by atoms with Gasteiger partial charge in [-0.15, -0.1) is 11.8 Å². The van der Waals surface area contributed by atoms with Gasteiger partial charge in [0, 0.05) is 42.0 Å². The number of nitrogens with zero attached hydrogens (tertiary/aromatic N) is 2. The molecule has 3 aromatic carbocycles. The Morgan fingerprint density at radius 2 is 1.63 bits per heavy atom. The lowest BCUT2D eigenvalue weighted by molar-refractivity contribution is 0.102. The summed E-state index contributed by atoms with van der Waals surface area (Å²) in [7, 11) is 2.16. The van der Waals surface area contributed by atoms with Crippen molar-refractivity contribution >= 4 is 34.3 Å². The SMILES string of the molecule is CSc1ccc(C(c2oc3ccccc3c2NC(=O)c2ccc(C)cc2)N2CCN(C)CC2)cc1. The van der Waals surface area contributed by atoms with Gasteiger partial charge in [-0.1, -0.05) is 42.0 Å². The number of furan rings is 1. The number of thioether (sulfide) groups is 1. The first-order valence-electron chi connectivity index (χ1n) is 12.0. The maximum atomic E-state index is 13.3. The molecule has 1 N–H and O–H groups in total. The van der Waals surface area contributed by atoms with Gasteiger partial charge in [0.1, 0.15) is 11.3 Å². The van der Waals surface area contributed by atoms with E-state index in [4.69, 9.17) is 4.42 Å². The topological polar surface area (TPSA) is 48.7 Å². The van der Waals surface area contributed by atoms with Crippen LogP contribution in [0, 0.1) is 6.92 Å². The predicted molar refractivity (Wildman–Crippen MR) is 144 cm³/mol. The molecule has 0 aliphatic carbocycles. The lowest BCUT2D eigenvalue weighted by atomic mass is 10.00. The summed E-state index contributed by atoms with van der Waals surface area (Å²) in [5, 5.41) is 4.14. The highest BCUT2D eigenvalue weighted by atomic mass is 32.2. The second-order valence-electron chi connectivity index (χ2n) is 9.17. The van der Waals surface area contributed by atoms with E-state index in [0.717, 1.165) is 59.7 Å². The van der Waals surface area contributed by atoms with E-state index >= 15 is 0 Å². The molecule has 1 fully saturated rings. The van der Waals surface area contributed by atoms with Crippen LogP contribution in [0.1, 0.15) is 33.3 Å². The summed E-state index contributed by atoms with van der Waals surface area (Å²) in [6, 6.07) is 24.2. The Morgan fingerprint density at radius 3 is 2.31 bits per heavy atom. The lowest BCUT2D eigenvalue weighted by Gasteiger charge is -2.37. The molecule has 1 saturated heterocycles. The molecule has 180 valence electrons. The number of benzene rings is 3. The second kappa shape index (κ2) is 10.3. The van der Waals surface area contributed by atoms with Gasteiger partial charge < -0.3 is 14.6 Å². The Balaban J connectivity index is 1.60. The van der Waals surface area contributed by atoms with Crippen LogP contribution < -0.4 is 5.32 Å². The largest absolute Gasteiger partial charge is 0.457 e. The van der Waals surface area contributed by atoms with E-state index in [2.05, 4.69) is 52.7 Å². The number of para-hydroxylation sites is 1. The summed E-state index contributed by atoms with van der Waals surface area (Å²) in [5.74, 6) is 0.653. The summed E-state index contributed by atoms with van der Waals surface area (Å²) in [6.07, 6.45) is 2.09. The summed E-state index contributed by atoms with van der Waals surface area (Å²) in [4.78, 5) is 19.3. The number of likely N-dealkylation sites (N-methyl/N-ethyl adjacent to an activating group) is 1. The monoisotopic (exact) mass is 485 g/mol. The molecule has 0 saturated carbocycles. The fourth-order valence-electron chi connectivity index (χ4n) is 4.67. The minimum absolute atomic E-state index is 0.0969. The Hall–Kier alpha value is -3.06. The predicted octanol–water partition coefficient (Wildman–Crippen LogP) is 6.05. The third kappa shape index (κ3) is 5.01. The van der Waals surface area contributed by atoms with E-state index < -0.39 is 0 Å². The first-order valence-corrected chi connectivity index (χ1v) is 13.2. The molecule has 0 bridgehead atoms. The Labute approximate surface area is 211 Å². The molecule has 5 rings (SSSR count). The number of aryl methyl sites for hydroxylation is 1. The molecule has 0 spiro atoms. The van der Waals surface area contributed by atoms with Crippen molar-refractivity contribution in [2.75, 3.05) is 44.8 Å². The molecule has 4 aromatic rings. The van der Waals surface area contributed by atoms with Crippen LogP contribution in [0.5, 0.6) is 0 Å². The Morgan fingerprint density at radius 1 is 0.943 bits per heavy atom. The summed E-state index contributed by atoms with van der Waals surface area (Å²) in [6.45, 7) is 5.85. The van der Waals surface area contributed by atoms with E-state index in [1.54, 1.807) is 11.8 Å². The van der Waals surface area contributed by atoms with E-state index in [1.165, 1.54) is 4.90 Å². The van der Waals surface area contributed by atoms with Gasteiger partial charge in [0.15, 0.2) is 0 Å². The summed E-state index contributed by atoms with van der Waals surface area (Å²) in [5.41, 5.74) is 4.45. The molecular formula is C29H31N3O2S. The average molecular weight is 486 g/mol. The van der Waals surface area contributed by atoms with Gasteiger partial charge in [-0.05, 0) is 62.2 Å². The first-order chi connectivity index (χ1) is 17.0. The van der Waals surface area contributed by atoms with E-state index in [0.29, 0.717) is 5.56 Å². The van der Waals surface area contributed by atoms with Crippen molar-refractivity contribution in [3.63, 3.8) is 0 Å². The standard InChI is InChI=1S/C29H31N3O2S/c1-20-8-10-22(11-9-20)29(33)30-26-24-6-4-5-7-25(24)34-28(26)27(32-18-16-31(2)17-19-32)21-12-14-23(35-3)15-13-21/h4-15,27H,16-19H2,1-3H3,(H,30,33). The zero-order valence-corrected chi connectivity index (χ0v) is 21.3. The third-order valence-corrected chi connectivity index (χ3v) is 7.50. The van der Waals surface area contributed by atoms with Crippen LogP contribution in [-0.2, 0) is 0 Å². The quantitative estimate of drug-likeness (QED) is 0.337. The number of nitrogens with one attached hydrogen (secondary N) is 1. The number of carbonyl (C=O) groups excluding carboxylic acids is 1. The van der Waals surface area contributed by atoms with E-state index in [1.807, 2.05) is 55.5 Å². The number of piperazine rings is 1. The van der Waals surface area contributed by atoms with Crippen molar-refractivity contribution in [1.82, 2.24) is 9.80 Å². The van der Waals surface area contributed by atoms with E-state index in [9.17, 15) is 4.79 Å². The number of amides is 1. The van der Waals surface area contributed by atoms with Crippen molar-refractivity contribution in [1.29, 1.82) is 0 Å². The fourth-order valence-corrected chi connectivity index (χ4v) is 5.08. The number of carbonyl (C=O) groups is 1. The molecule has 1 aliphatic heterocycles. The number of hydrogen-bond acceptors (Lipinski definition) is 5. The molecule has 1 aliphatic rings. The fraction of sp³-hybridized carbons (Fsp3) is 0.276. The summed E-state index contributed by atoms with van der Waals surface area (Å²) >= 11 is 1.73. The molecule has 1 atom stereocenters. The zero-order valence-electron chi connectivity index (χ0n) is 20.5. The highest BCUT2D eigenvalue weighted by Gasteiger charge is 2.32. The van der Waals surface area contributed by atoms with E-state index in [-0.39, 0.29) is 11.9 Å². The van der Waals surface area contributed by atoms with Crippen LogP contribution in [0.25, 0.3) is 11.0 Å². The molecule has 35 heavy (non-hydrogen) atoms. The van der Waals surface area contributed by atoms with Crippen LogP contribution in [0.3, 0.4) is 0 Å². The third-order valence-electron chi connectivity index (χ3n) is 6.76. The van der Waals surface area contributed by atoms with Crippen molar-refractivity contribution < 1.29 is 9.21 Å². The molecule has 2 heterocycles. The highest BCUT2D eigenvalue weighted by Crippen LogP contribution is 2.41. The molecule has 0 radical (unpaired) electrons. The smallest absolute Gasteiger partial charge is 0.255 e. The van der Waals surface area contributed by atoms with Crippen LogP contribution in [-0.4, -0.2) is 55.2 Å². The van der Waals surface area contributed by atoms with Gasteiger partial charge >= 0.3 is 0 Å². The van der Waals surface area contributed by atoms with Gasteiger partial charge in [-0.3, -0.25) is 9.69 Å². The van der Waals surface area contributed by atoms with Crippen LogP contribution in [0.4, 0.5) is 5.69 Å². The first kappa shape index (κ1) is 23.7. The molecule has 1 aromatic heterocycles. The normalized spacial score (nSPS) is 15.9. The number of rotatable bonds is 6. The molecule has 5 nitrogen and oxygen atoms in total. The van der Waals surface area contributed by atoms with Crippen molar-refractivity contribution in [2.45, 2.75) is 17.9 Å². The summed E-state index contributed by atoms with van der Waals surface area (Å²) < 4.78 is 6.53. The van der Waals surface area contributed by atoms with Gasteiger partial charge in [0.2, 0.25) is 0 Å². The van der Waals surface area contributed by atoms with Gasteiger partial charge in [0.25, 0.3) is 5.91 Å². The van der Waals surface area contributed by atoms with Gasteiger partial charge in [0.05, 0.1) is 11.7 Å². The van der Waals surface area contributed by atoms with Gasteiger partial charge in [-0.2, -0.15) is 0 Å². The van der Waals surface area contributed by atoms with Crippen molar-refractivity contribution in [3.05, 3.63) is 95.2 Å². The van der Waals surface area contributed by atoms with Crippen LogP contribution in [0.15, 0.2) is 82.1 Å². The maximum Gasteiger partial charge on any atom is 0.255 e. The minimum Gasteiger partial charge on any atom is -0.457 e. The van der Waals surface area contributed by atoms with Crippen LogP contribution in [0.2, 0.25) is 0 Å². The van der Waals surface area contributed by atoms with Crippen molar-refractivity contribution in [3.8, 4) is 0 Å². The molecule has 6 heteroatoms. The number of fused-ring (bicyclic) bond motifs is 1. The minimum atomic E-state index is -0.132. The average Bonchev–Trinajstić information content (AvgIpc) is 3.24. The van der Waals surface area contributed by atoms with Gasteiger partial charge in [-0.25, -0.2) is 0 Å². The Bertz CT molecular complexity index is 1310. The molecule has 1 unspecified atom stereocenters. The second-order valence-corrected chi connectivity index (χ2v) is 10.1. The maximum absolute atomic E-state index is 13.3. The molecular weight excluding hydrogens is 454 g/mol. The number of hydrogen-bond donors (Lipinski definition) is 1. The van der Waals surface area contributed by atoms with Crippen LogP contribution >= 0.6 is 11.8 Å². The number of anilines is 1. The molecule has 1 amide bonds. The Kier molecular flexibility index (Phi) is 6.95. The zero-order chi connectivity index (χ0) is 24.4. The lowest BCUT2D eigenvalue weighted by Crippen LogP contribution is -2.46. The highest BCUT2D eigenvalue weighted by molar-refractivity contribution is 7.98.